The predicted octanol–water partition coefficient (Wildman–Crippen LogP) is 2.59. The molecule has 0 fully saturated rings. The van der Waals surface area contributed by atoms with Gasteiger partial charge in [-0.05, 0) is 17.7 Å². The van der Waals surface area contributed by atoms with E-state index in [0.717, 1.165) is 11.3 Å². The van der Waals surface area contributed by atoms with Gasteiger partial charge < -0.3 is 4.74 Å². The maximum Gasteiger partial charge on any atom is 0.154 e. The Hall–Kier alpha value is -1.75. The second kappa shape index (κ2) is 4.20. The van der Waals surface area contributed by atoms with E-state index in [-0.39, 0.29) is 0 Å². The Bertz CT molecular complexity index is 306. The lowest BCUT2D eigenvalue weighted by Crippen LogP contribution is -1.80. The van der Waals surface area contributed by atoms with Gasteiger partial charge >= 0.3 is 0 Å². The van der Waals surface area contributed by atoms with Crippen LogP contribution >= 0.6 is 0 Å². The van der Waals surface area contributed by atoms with Crippen LogP contribution in [0, 0.1) is 6.57 Å². The van der Waals surface area contributed by atoms with Crippen LogP contribution in [-0.2, 0) is 0 Å². The monoisotopic (exact) mass is 159 g/mol. The van der Waals surface area contributed by atoms with E-state index in [1.54, 1.807) is 13.2 Å². The molecule has 0 aliphatic carbocycles. The maximum atomic E-state index is 6.54. The first-order valence-electron chi connectivity index (χ1n) is 3.54. The number of methoxy groups -OCH3 is 1. The summed E-state index contributed by atoms with van der Waals surface area (Å²) in [4.78, 5) is 3.11. The second-order valence-electron chi connectivity index (χ2n) is 2.22. The molecule has 60 valence electrons. The van der Waals surface area contributed by atoms with Crippen molar-refractivity contribution in [1.82, 2.24) is 0 Å². The van der Waals surface area contributed by atoms with Crippen LogP contribution in [0.3, 0.4) is 0 Å². The molecule has 0 spiro atoms. The molecule has 0 amide bonds. The molecule has 0 radical (unpaired) electrons. The van der Waals surface area contributed by atoms with Gasteiger partial charge in [-0.1, -0.05) is 18.2 Å². The van der Waals surface area contributed by atoms with Crippen molar-refractivity contribution in [3.05, 3.63) is 47.4 Å². The molecule has 2 heteroatoms. The van der Waals surface area contributed by atoms with Gasteiger partial charge in [0.05, 0.1) is 13.7 Å². The number of hydrogen-bond donors (Lipinski definition) is 0. The zero-order valence-electron chi connectivity index (χ0n) is 6.82. The number of nitrogens with zero attached hydrogens (tertiary/aromatic N) is 1. The van der Waals surface area contributed by atoms with Crippen LogP contribution in [0.4, 0.5) is 0 Å². The fourth-order valence-corrected chi connectivity index (χ4v) is 0.838. The van der Waals surface area contributed by atoms with E-state index < -0.39 is 0 Å². The molecule has 0 heterocycles. The molecule has 1 aromatic rings. The lowest BCUT2D eigenvalue weighted by molar-refractivity contribution is 0.415. The average Bonchev–Trinajstić information content (AvgIpc) is 2.15. The minimum atomic E-state index is 0.829. The fraction of sp³-hybridized carbons (Fsp3) is 0.100. The number of hydrogen-bond acceptors (Lipinski definition) is 1. The lowest BCUT2D eigenvalue weighted by Gasteiger charge is -1.98. The molecular formula is C10H9NO. The van der Waals surface area contributed by atoms with Crippen LogP contribution < -0.4 is 4.74 Å². The van der Waals surface area contributed by atoms with Crippen molar-refractivity contribution in [2.75, 3.05) is 7.11 Å². The molecule has 0 bridgehead atoms. The Labute approximate surface area is 71.9 Å². The number of ether oxygens (including phenoxy) is 1. The summed E-state index contributed by atoms with van der Waals surface area (Å²) in [7, 11) is 1.63. The number of benzene rings is 1. The maximum absolute atomic E-state index is 6.54. The molecule has 1 aromatic carbocycles. The van der Waals surface area contributed by atoms with Crippen LogP contribution in [0.5, 0.6) is 5.75 Å². The van der Waals surface area contributed by atoms with Gasteiger partial charge in [-0.25, -0.2) is 4.85 Å². The SMILES string of the molecule is [C-]#[N+]/C=C/c1ccc(OC)cc1. The molecular weight excluding hydrogens is 150 g/mol. The summed E-state index contributed by atoms with van der Waals surface area (Å²) < 4.78 is 4.99. The third kappa shape index (κ3) is 2.14. The highest BCUT2D eigenvalue weighted by atomic mass is 16.5. The van der Waals surface area contributed by atoms with Crippen molar-refractivity contribution in [1.29, 1.82) is 0 Å². The van der Waals surface area contributed by atoms with Crippen LogP contribution in [-0.4, -0.2) is 7.11 Å². The van der Waals surface area contributed by atoms with E-state index in [0.29, 0.717) is 0 Å². The molecule has 0 unspecified atom stereocenters. The normalized spacial score (nSPS) is 9.67. The van der Waals surface area contributed by atoms with E-state index in [1.165, 1.54) is 6.20 Å². The number of rotatable bonds is 2. The third-order valence-corrected chi connectivity index (χ3v) is 1.46. The van der Waals surface area contributed by atoms with Crippen molar-refractivity contribution in [3.63, 3.8) is 0 Å². The summed E-state index contributed by atoms with van der Waals surface area (Å²) in [6.07, 6.45) is 3.19. The van der Waals surface area contributed by atoms with Gasteiger partial charge in [-0.2, -0.15) is 0 Å². The topological polar surface area (TPSA) is 13.6 Å². The molecule has 0 aromatic heterocycles. The van der Waals surface area contributed by atoms with Gasteiger partial charge in [0.15, 0.2) is 6.20 Å². The van der Waals surface area contributed by atoms with E-state index >= 15 is 0 Å². The lowest BCUT2D eigenvalue weighted by atomic mass is 10.2. The van der Waals surface area contributed by atoms with Gasteiger partial charge in [0.2, 0.25) is 0 Å². The van der Waals surface area contributed by atoms with Crippen molar-refractivity contribution in [2.45, 2.75) is 0 Å². The van der Waals surface area contributed by atoms with Gasteiger partial charge in [0, 0.05) is 0 Å². The Morgan fingerprint density at radius 2 is 2.00 bits per heavy atom. The second-order valence-corrected chi connectivity index (χ2v) is 2.22. The van der Waals surface area contributed by atoms with Gasteiger partial charge in [-0.3, -0.25) is 0 Å². The van der Waals surface area contributed by atoms with Crippen LogP contribution in [0.1, 0.15) is 5.56 Å². The summed E-state index contributed by atoms with van der Waals surface area (Å²) >= 11 is 0. The van der Waals surface area contributed by atoms with Gasteiger partial charge in [-0.15, -0.1) is 0 Å². The largest absolute Gasteiger partial charge is 0.497 e. The summed E-state index contributed by atoms with van der Waals surface area (Å²) in [5, 5.41) is 0. The van der Waals surface area contributed by atoms with E-state index in [4.69, 9.17) is 11.3 Å². The summed E-state index contributed by atoms with van der Waals surface area (Å²) in [6.45, 7) is 6.54. The fourth-order valence-electron chi connectivity index (χ4n) is 0.838. The van der Waals surface area contributed by atoms with E-state index in [9.17, 15) is 0 Å². The van der Waals surface area contributed by atoms with Crippen LogP contribution in [0.15, 0.2) is 30.5 Å². The van der Waals surface area contributed by atoms with Crippen LogP contribution in [0.25, 0.3) is 10.9 Å². The van der Waals surface area contributed by atoms with Crippen molar-refractivity contribution in [2.24, 2.45) is 0 Å². The molecule has 1 rings (SSSR count). The first-order chi connectivity index (χ1) is 5.86. The highest BCUT2D eigenvalue weighted by molar-refractivity contribution is 5.51. The van der Waals surface area contributed by atoms with Crippen molar-refractivity contribution in [3.8, 4) is 5.75 Å². The highest BCUT2D eigenvalue weighted by Crippen LogP contribution is 2.11. The predicted molar refractivity (Wildman–Crippen MR) is 48.6 cm³/mol. The summed E-state index contributed by atoms with van der Waals surface area (Å²) in [5.74, 6) is 0.829. The Balaban J connectivity index is 2.79. The van der Waals surface area contributed by atoms with Gasteiger partial charge in [0.25, 0.3) is 0 Å². The molecule has 0 atom stereocenters. The molecule has 2 nitrogen and oxygen atoms in total. The Morgan fingerprint density at radius 1 is 1.33 bits per heavy atom. The van der Waals surface area contributed by atoms with Gasteiger partial charge in [0.1, 0.15) is 5.75 Å². The van der Waals surface area contributed by atoms with Crippen molar-refractivity contribution < 1.29 is 4.74 Å². The zero-order valence-corrected chi connectivity index (χ0v) is 6.82. The molecule has 0 N–H and O–H groups in total. The van der Waals surface area contributed by atoms with E-state index in [1.807, 2.05) is 24.3 Å². The van der Waals surface area contributed by atoms with E-state index in [2.05, 4.69) is 4.85 Å². The zero-order chi connectivity index (χ0) is 8.81. The molecule has 12 heavy (non-hydrogen) atoms. The average molecular weight is 159 g/mol. The smallest absolute Gasteiger partial charge is 0.154 e. The van der Waals surface area contributed by atoms with Crippen molar-refractivity contribution >= 4 is 6.08 Å². The molecule has 0 aliphatic rings. The van der Waals surface area contributed by atoms with Crippen LogP contribution in [0.2, 0.25) is 0 Å². The first-order valence-corrected chi connectivity index (χ1v) is 3.54. The molecule has 0 saturated heterocycles. The Morgan fingerprint density at radius 3 is 2.50 bits per heavy atom. The minimum absolute atomic E-state index is 0.829. The summed E-state index contributed by atoms with van der Waals surface area (Å²) in [6, 6.07) is 7.54. The first kappa shape index (κ1) is 8.35. The summed E-state index contributed by atoms with van der Waals surface area (Å²) in [5.41, 5.74) is 1.01. The quantitative estimate of drug-likeness (QED) is 0.605. The Kier molecular flexibility index (Phi) is 2.92. The highest BCUT2D eigenvalue weighted by Gasteiger charge is 1.88. The standard InChI is InChI=1S/C10H9NO/c1-11-8-7-9-3-5-10(12-2)6-4-9/h3-8H,2H3/b8-7+. The molecule has 0 saturated carbocycles. The minimum Gasteiger partial charge on any atom is -0.497 e. The third-order valence-electron chi connectivity index (χ3n) is 1.46. The molecule has 0 aliphatic heterocycles.